The summed E-state index contributed by atoms with van der Waals surface area (Å²) in [5.41, 5.74) is 2.99. The van der Waals surface area contributed by atoms with Gasteiger partial charge in [0.05, 0.1) is 11.2 Å². The number of aromatic nitrogens is 2. The molecule has 0 bridgehead atoms. The van der Waals surface area contributed by atoms with Crippen molar-refractivity contribution < 1.29 is 0 Å². The molecule has 0 atom stereocenters. The number of fused-ring (bicyclic) bond motifs is 1. The lowest BCUT2D eigenvalue weighted by atomic mass is 10.2. The summed E-state index contributed by atoms with van der Waals surface area (Å²) in [7, 11) is 2.09. The number of halogens is 1. The van der Waals surface area contributed by atoms with E-state index >= 15 is 0 Å². The Hall–Kier alpha value is -1.20. The Morgan fingerprint density at radius 1 is 1.32 bits per heavy atom. The Labute approximate surface area is 122 Å². The zero-order valence-corrected chi connectivity index (χ0v) is 12.9. The van der Waals surface area contributed by atoms with Crippen LogP contribution in [0, 0.1) is 0 Å². The maximum atomic E-state index is 4.47. The van der Waals surface area contributed by atoms with Crippen LogP contribution < -0.4 is 10.2 Å². The maximum Gasteiger partial charge on any atom is 0.112 e. The highest BCUT2D eigenvalue weighted by Gasteiger charge is 2.08. The third-order valence-electron chi connectivity index (χ3n) is 2.98. The molecule has 0 unspecified atom stereocenters. The fourth-order valence-electron chi connectivity index (χ4n) is 1.97. The van der Waals surface area contributed by atoms with Gasteiger partial charge < -0.3 is 10.2 Å². The molecule has 0 fully saturated rings. The van der Waals surface area contributed by atoms with Crippen LogP contribution in [0.15, 0.2) is 29.0 Å². The van der Waals surface area contributed by atoms with Gasteiger partial charge in [-0.15, -0.1) is 0 Å². The summed E-state index contributed by atoms with van der Waals surface area (Å²) < 4.78 is 0.955. The van der Waals surface area contributed by atoms with Crippen molar-refractivity contribution in [3.63, 3.8) is 0 Å². The van der Waals surface area contributed by atoms with Gasteiger partial charge in [0.2, 0.25) is 0 Å². The first-order valence-corrected chi connectivity index (χ1v) is 7.33. The molecule has 2 rings (SSSR count). The fraction of sp³-hybridized carbons (Fsp3) is 0.429. The second-order valence-electron chi connectivity index (χ2n) is 4.52. The van der Waals surface area contributed by atoms with Crippen LogP contribution in [0.5, 0.6) is 0 Å². The number of nitrogens with zero attached hydrogens (tertiary/aromatic N) is 3. The molecule has 0 spiro atoms. The smallest absolute Gasteiger partial charge is 0.112 e. The predicted molar refractivity (Wildman–Crippen MR) is 83.7 cm³/mol. The van der Waals surface area contributed by atoms with Crippen molar-refractivity contribution in [1.82, 2.24) is 15.3 Å². The van der Waals surface area contributed by atoms with E-state index in [0.717, 1.165) is 47.2 Å². The summed E-state index contributed by atoms with van der Waals surface area (Å²) in [6.07, 6.45) is 4.82. The molecule has 0 radical (unpaired) electrons. The first-order chi connectivity index (χ1) is 9.22. The summed E-state index contributed by atoms with van der Waals surface area (Å²) in [4.78, 5) is 11.1. The number of pyridine rings is 2. The number of anilines is 1. The van der Waals surface area contributed by atoms with Crippen LogP contribution in [0.1, 0.15) is 13.3 Å². The first-order valence-electron chi connectivity index (χ1n) is 6.54. The van der Waals surface area contributed by atoms with E-state index in [-0.39, 0.29) is 0 Å². The van der Waals surface area contributed by atoms with Crippen molar-refractivity contribution in [2.75, 3.05) is 31.6 Å². The van der Waals surface area contributed by atoms with E-state index in [4.69, 9.17) is 0 Å². The molecule has 0 aromatic carbocycles. The standard InChI is InChI=1S/C14H19BrN4/c1-3-5-16-7-8-19(2)13-4-6-17-12-9-11(15)10-18-14(12)13/h4,6,9-10,16H,3,5,7-8H2,1-2H3. The van der Waals surface area contributed by atoms with Crippen molar-refractivity contribution in [3.8, 4) is 0 Å². The summed E-state index contributed by atoms with van der Waals surface area (Å²) in [6, 6.07) is 4.01. The monoisotopic (exact) mass is 322 g/mol. The minimum Gasteiger partial charge on any atom is -0.371 e. The van der Waals surface area contributed by atoms with Crippen molar-refractivity contribution >= 4 is 32.7 Å². The molecular formula is C14H19BrN4. The van der Waals surface area contributed by atoms with E-state index in [1.54, 1.807) is 0 Å². The predicted octanol–water partition coefficient (Wildman–Crippen LogP) is 2.83. The van der Waals surface area contributed by atoms with Crippen molar-refractivity contribution in [2.24, 2.45) is 0 Å². The number of rotatable bonds is 6. The van der Waals surface area contributed by atoms with Gasteiger partial charge >= 0.3 is 0 Å². The van der Waals surface area contributed by atoms with Gasteiger partial charge in [0.25, 0.3) is 0 Å². The van der Waals surface area contributed by atoms with Gasteiger partial charge in [-0.2, -0.15) is 0 Å². The summed E-state index contributed by atoms with van der Waals surface area (Å²) in [6.45, 7) is 5.17. The fourth-order valence-corrected chi connectivity index (χ4v) is 2.29. The van der Waals surface area contributed by atoms with Crippen LogP contribution in [0.3, 0.4) is 0 Å². The topological polar surface area (TPSA) is 41.0 Å². The Kier molecular flexibility index (Phi) is 5.10. The SMILES string of the molecule is CCCNCCN(C)c1ccnc2cc(Br)cnc12. The van der Waals surface area contributed by atoms with E-state index in [1.807, 2.05) is 24.5 Å². The normalized spacial score (nSPS) is 10.9. The summed E-state index contributed by atoms with van der Waals surface area (Å²) in [5, 5.41) is 3.41. The van der Waals surface area contributed by atoms with Gasteiger partial charge in [0, 0.05) is 37.0 Å². The Bertz CT molecular complexity index is 544. The largest absolute Gasteiger partial charge is 0.371 e. The third-order valence-corrected chi connectivity index (χ3v) is 3.42. The molecule has 19 heavy (non-hydrogen) atoms. The van der Waals surface area contributed by atoms with E-state index in [0.29, 0.717) is 0 Å². The molecule has 0 aliphatic carbocycles. The average molecular weight is 323 g/mol. The minimum absolute atomic E-state index is 0.917. The van der Waals surface area contributed by atoms with Crippen molar-refractivity contribution in [3.05, 3.63) is 29.0 Å². The molecule has 2 heterocycles. The highest BCUT2D eigenvalue weighted by atomic mass is 79.9. The van der Waals surface area contributed by atoms with Crippen LogP contribution in [0.4, 0.5) is 5.69 Å². The van der Waals surface area contributed by atoms with Gasteiger partial charge in [-0.25, -0.2) is 0 Å². The molecule has 0 saturated heterocycles. The van der Waals surface area contributed by atoms with E-state index in [1.165, 1.54) is 0 Å². The van der Waals surface area contributed by atoms with E-state index < -0.39 is 0 Å². The number of hydrogen-bond donors (Lipinski definition) is 1. The van der Waals surface area contributed by atoms with Crippen molar-refractivity contribution in [2.45, 2.75) is 13.3 Å². The number of hydrogen-bond acceptors (Lipinski definition) is 4. The first kappa shape index (κ1) is 14.2. The van der Waals surface area contributed by atoms with Gasteiger partial charge in [0.15, 0.2) is 0 Å². The molecule has 2 aromatic heterocycles. The van der Waals surface area contributed by atoms with Crippen LogP contribution >= 0.6 is 15.9 Å². The minimum atomic E-state index is 0.917. The van der Waals surface area contributed by atoms with Crippen LogP contribution in [0.25, 0.3) is 11.0 Å². The lowest BCUT2D eigenvalue weighted by Gasteiger charge is -2.20. The molecular weight excluding hydrogens is 304 g/mol. The van der Waals surface area contributed by atoms with Crippen molar-refractivity contribution in [1.29, 1.82) is 0 Å². The van der Waals surface area contributed by atoms with Crippen LogP contribution in [-0.2, 0) is 0 Å². The van der Waals surface area contributed by atoms with Gasteiger partial charge in [-0.3, -0.25) is 9.97 Å². The van der Waals surface area contributed by atoms with Gasteiger partial charge in [-0.05, 0) is 41.0 Å². The summed E-state index contributed by atoms with van der Waals surface area (Å²) in [5.74, 6) is 0. The summed E-state index contributed by atoms with van der Waals surface area (Å²) >= 11 is 3.43. The van der Waals surface area contributed by atoms with Crippen LogP contribution in [0.2, 0.25) is 0 Å². The number of nitrogens with one attached hydrogen (secondary N) is 1. The van der Waals surface area contributed by atoms with Gasteiger partial charge in [0.1, 0.15) is 5.52 Å². The molecule has 4 nitrogen and oxygen atoms in total. The zero-order chi connectivity index (χ0) is 13.7. The molecule has 5 heteroatoms. The maximum absolute atomic E-state index is 4.47. The molecule has 0 saturated carbocycles. The Balaban J connectivity index is 2.15. The lowest BCUT2D eigenvalue weighted by molar-refractivity contribution is 0.666. The second-order valence-corrected chi connectivity index (χ2v) is 5.44. The molecule has 0 aliphatic rings. The molecule has 1 N–H and O–H groups in total. The highest BCUT2D eigenvalue weighted by molar-refractivity contribution is 9.10. The molecule has 2 aromatic rings. The lowest BCUT2D eigenvalue weighted by Crippen LogP contribution is -2.29. The van der Waals surface area contributed by atoms with E-state index in [2.05, 4.69) is 50.1 Å². The molecule has 102 valence electrons. The Morgan fingerprint density at radius 3 is 2.95 bits per heavy atom. The zero-order valence-electron chi connectivity index (χ0n) is 11.4. The highest BCUT2D eigenvalue weighted by Crippen LogP contribution is 2.24. The number of likely N-dealkylation sites (N-methyl/N-ethyl adjacent to an activating group) is 1. The molecule has 0 amide bonds. The van der Waals surface area contributed by atoms with Gasteiger partial charge in [-0.1, -0.05) is 6.92 Å². The molecule has 0 aliphatic heterocycles. The second kappa shape index (κ2) is 6.82. The van der Waals surface area contributed by atoms with E-state index in [9.17, 15) is 0 Å². The average Bonchev–Trinajstić information content (AvgIpc) is 2.42. The van der Waals surface area contributed by atoms with Crippen LogP contribution in [-0.4, -0.2) is 36.6 Å². The Morgan fingerprint density at radius 2 is 2.16 bits per heavy atom. The third kappa shape index (κ3) is 3.64. The quantitative estimate of drug-likeness (QED) is 0.830.